The van der Waals surface area contributed by atoms with Crippen LogP contribution >= 0.6 is 0 Å². The van der Waals surface area contributed by atoms with Crippen LogP contribution in [0.5, 0.6) is 0 Å². The Morgan fingerprint density at radius 2 is 2.11 bits per heavy atom. The minimum absolute atomic E-state index is 0.0419. The van der Waals surface area contributed by atoms with E-state index in [2.05, 4.69) is 5.32 Å². The molecule has 1 saturated carbocycles. The first-order valence-corrected chi connectivity index (χ1v) is 5.96. The Labute approximate surface area is 110 Å². The van der Waals surface area contributed by atoms with Crippen molar-refractivity contribution in [1.82, 2.24) is 5.32 Å². The molecule has 0 unspecified atom stereocenters. The number of nitrogens with zero attached hydrogens (tertiary/aromatic N) is 1. The molecule has 0 saturated heterocycles. The van der Waals surface area contributed by atoms with E-state index < -0.39 is 34.7 Å². The van der Waals surface area contributed by atoms with Gasteiger partial charge in [-0.05, 0) is 27.2 Å². The third kappa shape index (κ3) is 5.11. The lowest BCUT2D eigenvalue weighted by Gasteiger charge is -2.21. The van der Waals surface area contributed by atoms with E-state index in [1.165, 1.54) is 0 Å². The Morgan fingerprint density at radius 1 is 1.53 bits per heavy atom. The minimum atomic E-state index is -1.22. The van der Waals surface area contributed by atoms with Crippen LogP contribution in [0.15, 0.2) is 0 Å². The first kappa shape index (κ1) is 15.2. The van der Waals surface area contributed by atoms with Crippen molar-refractivity contribution in [2.75, 3.05) is 0 Å². The zero-order chi connectivity index (χ0) is 14.8. The van der Waals surface area contributed by atoms with E-state index in [0.29, 0.717) is 6.42 Å². The Hall–Kier alpha value is -1.86. The number of hydrogen-bond acceptors (Lipinski definition) is 5. The number of carbonyl (C=O) groups is 2. The van der Waals surface area contributed by atoms with Crippen molar-refractivity contribution in [3.8, 4) is 0 Å². The van der Waals surface area contributed by atoms with Crippen LogP contribution in [-0.4, -0.2) is 39.8 Å². The highest BCUT2D eigenvalue weighted by Gasteiger charge is 2.50. The third-order valence-electron chi connectivity index (χ3n) is 2.68. The number of carbonyl (C=O) groups excluding carboxylic acids is 1. The highest BCUT2D eigenvalue weighted by atomic mass is 16.6. The van der Waals surface area contributed by atoms with Gasteiger partial charge in [0, 0.05) is 17.3 Å². The number of ether oxygens (including phenoxy) is 1. The number of carboxylic acids is 1. The summed E-state index contributed by atoms with van der Waals surface area (Å²) in [5.41, 5.74) is -0.726. The van der Waals surface area contributed by atoms with E-state index in [0.717, 1.165) is 0 Å². The van der Waals surface area contributed by atoms with Crippen molar-refractivity contribution in [2.45, 2.75) is 51.3 Å². The topological polar surface area (TPSA) is 119 Å². The lowest BCUT2D eigenvalue weighted by Crippen LogP contribution is -2.43. The second-order valence-electron chi connectivity index (χ2n) is 5.62. The van der Waals surface area contributed by atoms with E-state index >= 15 is 0 Å². The van der Waals surface area contributed by atoms with Crippen LogP contribution in [0, 0.1) is 16.0 Å². The van der Waals surface area contributed by atoms with E-state index in [1.54, 1.807) is 20.8 Å². The molecule has 1 aliphatic carbocycles. The smallest absolute Gasteiger partial charge is 0.408 e. The molecule has 8 heteroatoms. The van der Waals surface area contributed by atoms with Crippen LogP contribution in [0.4, 0.5) is 4.79 Å². The summed E-state index contributed by atoms with van der Waals surface area (Å²) in [7, 11) is 0. The molecule has 1 aliphatic rings. The molecule has 0 aromatic carbocycles. The Balaban J connectivity index is 2.48. The molecular formula is C11H18N2O6. The zero-order valence-corrected chi connectivity index (χ0v) is 11.1. The highest BCUT2D eigenvalue weighted by Crippen LogP contribution is 2.37. The standard InChI is InChI=1S/C11H18N2O6/c1-11(2,3)19-10(16)12-7(9(14)15)4-6-5-8(6)13(17)18/h6-8H,4-5H2,1-3H3,(H,12,16)(H,14,15)/t6-,7-,8-/m0/s1. The average molecular weight is 274 g/mol. The maximum Gasteiger partial charge on any atom is 0.408 e. The Kier molecular flexibility index (Phi) is 4.33. The fourth-order valence-corrected chi connectivity index (χ4v) is 1.72. The first-order chi connectivity index (χ1) is 8.60. The molecule has 0 heterocycles. The molecule has 0 spiro atoms. The van der Waals surface area contributed by atoms with Gasteiger partial charge in [-0.1, -0.05) is 0 Å². The fraction of sp³-hybridized carbons (Fsp3) is 0.818. The molecule has 0 radical (unpaired) electrons. The molecule has 0 aliphatic heterocycles. The molecule has 0 aromatic rings. The first-order valence-electron chi connectivity index (χ1n) is 5.96. The SMILES string of the molecule is CC(C)(C)OC(=O)N[C@@H](C[C@H]1C[C@@H]1[N+](=O)[O-])C(=O)O. The molecular weight excluding hydrogens is 256 g/mol. The van der Waals surface area contributed by atoms with Gasteiger partial charge in [0.15, 0.2) is 0 Å². The van der Waals surface area contributed by atoms with Gasteiger partial charge in [0.05, 0.1) is 0 Å². The van der Waals surface area contributed by atoms with Gasteiger partial charge in [-0.15, -0.1) is 0 Å². The maximum absolute atomic E-state index is 11.5. The van der Waals surface area contributed by atoms with Gasteiger partial charge in [0.1, 0.15) is 11.6 Å². The lowest BCUT2D eigenvalue weighted by molar-refractivity contribution is -0.498. The number of alkyl carbamates (subject to hydrolysis) is 1. The molecule has 0 bridgehead atoms. The number of amides is 1. The predicted molar refractivity (Wildman–Crippen MR) is 64.3 cm³/mol. The molecule has 108 valence electrons. The van der Waals surface area contributed by atoms with Gasteiger partial charge in [0.25, 0.3) is 0 Å². The van der Waals surface area contributed by atoms with Crippen LogP contribution in [0.3, 0.4) is 0 Å². The second-order valence-corrected chi connectivity index (χ2v) is 5.62. The number of aliphatic carboxylic acids is 1. The summed E-state index contributed by atoms with van der Waals surface area (Å²) < 4.78 is 4.95. The summed E-state index contributed by atoms with van der Waals surface area (Å²) in [4.78, 5) is 32.5. The molecule has 1 fully saturated rings. The van der Waals surface area contributed by atoms with Crippen molar-refractivity contribution < 1.29 is 24.4 Å². The van der Waals surface area contributed by atoms with E-state index in [-0.39, 0.29) is 12.3 Å². The van der Waals surface area contributed by atoms with E-state index in [4.69, 9.17) is 9.84 Å². The van der Waals surface area contributed by atoms with Crippen molar-refractivity contribution >= 4 is 12.1 Å². The summed E-state index contributed by atoms with van der Waals surface area (Å²) in [6.07, 6.45) is -0.439. The van der Waals surface area contributed by atoms with Gasteiger partial charge in [-0.3, -0.25) is 10.1 Å². The zero-order valence-electron chi connectivity index (χ0n) is 11.1. The molecule has 19 heavy (non-hydrogen) atoms. The van der Waals surface area contributed by atoms with Gasteiger partial charge >= 0.3 is 12.1 Å². The number of nitrogens with one attached hydrogen (secondary N) is 1. The molecule has 1 rings (SSSR count). The predicted octanol–water partition coefficient (Wildman–Crippen LogP) is 1.02. The molecule has 1 amide bonds. The van der Waals surface area contributed by atoms with Crippen LogP contribution < -0.4 is 5.32 Å². The van der Waals surface area contributed by atoms with Gasteiger partial charge in [0.2, 0.25) is 6.04 Å². The fourth-order valence-electron chi connectivity index (χ4n) is 1.72. The van der Waals surface area contributed by atoms with E-state index in [9.17, 15) is 19.7 Å². The lowest BCUT2D eigenvalue weighted by atomic mass is 10.1. The van der Waals surface area contributed by atoms with Gasteiger partial charge in [-0.25, -0.2) is 9.59 Å². The van der Waals surface area contributed by atoms with Crippen LogP contribution in [0.25, 0.3) is 0 Å². The van der Waals surface area contributed by atoms with Crippen LogP contribution in [0.2, 0.25) is 0 Å². The van der Waals surface area contributed by atoms with Crippen molar-refractivity contribution in [2.24, 2.45) is 5.92 Å². The summed E-state index contributed by atoms with van der Waals surface area (Å²) in [6, 6.07) is -1.85. The highest BCUT2D eigenvalue weighted by molar-refractivity contribution is 5.80. The Morgan fingerprint density at radius 3 is 2.47 bits per heavy atom. The number of nitro groups is 1. The van der Waals surface area contributed by atoms with Gasteiger partial charge in [-0.2, -0.15) is 0 Å². The molecule has 2 N–H and O–H groups in total. The molecule has 3 atom stereocenters. The van der Waals surface area contributed by atoms with Crippen LogP contribution in [-0.2, 0) is 9.53 Å². The molecule has 0 aromatic heterocycles. The summed E-state index contributed by atoms with van der Waals surface area (Å²) in [5.74, 6) is -1.52. The van der Waals surface area contributed by atoms with Crippen LogP contribution in [0.1, 0.15) is 33.6 Å². The van der Waals surface area contributed by atoms with E-state index in [1.807, 2.05) is 0 Å². The summed E-state index contributed by atoms with van der Waals surface area (Å²) in [6.45, 7) is 4.98. The summed E-state index contributed by atoms with van der Waals surface area (Å²) >= 11 is 0. The number of carboxylic acid groups (broad SMARTS) is 1. The monoisotopic (exact) mass is 274 g/mol. The number of rotatable bonds is 5. The number of hydrogen-bond donors (Lipinski definition) is 2. The van der Waals surface area contributed by atoms with Gasteiger partial charge < -0.3 is 15.2 Å². The largest absolute Gasteiger partial charge is 0.480 e. The average Bonchev–Trinajstić information content (AvgIpc) is 2.92. The van der Waals surface area contributed by atoms with Crippen molar-refractivity contribution in [1.29, 1.82) is 0 Å². The minimum Gasteiger partial charge on any atom is -0.480 e. The molecule has 8 nitrogen and oxygen atoms in total. The second kappa shape index (κ2) is 5.41. The Bertz CT molecular complexity index is 389. The summed E-state index contributed by atoms with van der Waals surface area (Å²) in [5, 5.41) is 21.7. The van der Waals surface area contributed by atoms with Crippen molar-refractivity contribution in [3.05, 3.63) is 10.1 Å². The third-order valence-corrected chi connectivity index (χ3v) is 2.68. The quantitative estimate of drug-likeness (QED) is 0.570. The maximum atomic E-state index is 11.5. The normalized spacial score (nSPS) is 23.3. The van der Waals surface area contributed by atoms with Crippen molar-refractivity contribution in [3.63, 3.8) is 0 Å².